The largest absolute Gasteiger partial charge is 0.444 e. The van der Waals surface area contributed by atoms with Crippen LogP contribution >= 0.6 is 0 Å². The van der Waals surface area contributed by atoms with E-state index in [9.17, 15) is 14.4 Å². The lowest BCUT2D eigenvalue weighted by atomic mass is 9.90. The van der Waals surface area contributed by atoms with Gasteiger partial charge in [0.25, 0.3) is 0 Å². The predicted molar refractivity (Wildman–Crippen MR) is 162 cm³/mol. The molecule has 2 N–H and O–H groups in total. The summed E-state index contributed by atoms with van der Waals surface area (Å²) in [6.07, 6.45) is 1.82. The molecule has 7 heteroatoms. The van der Waals surface area contributed by atoms with E-state index >= 15 is 0 Å². The molecule has 2 atom stereocenters. The molecule has 0 saturated heterocycles. The molecule has 0 bridgehead atoms. The number of nitrogens with zero attached hydrogens (tertiary/aromatic N) is 1. The molecule has 2 rings (SSSR count). The summed E-state index contributed by atoms with van der Waals surface area (Å²) in [5.74, 6) is -0.682. The molecule has 0 aliphatic heterocycles. The van der Waals surface area contributed by atoms with Gasteiger partial charge in [-0.25, -0.2) is 4.79 Å². The third-order valence-electron chi connectivity index (χ3n) is 6.49. The van der Waals surface area contributed by atoms with E-state index in [0.29, 0.717) is 12.0 Å². The standard InChI is InChI=1S/C33H47N3O4/c1-11-23-19-16-20-25(21-23)27(28(37)35-31(3,4)5)36(33(9,10)12-2)29(38)26(22-24-17-14-13-15-18-24)34-30(39)40-32(6,7)8/h11,13-21,26-27H,1,12,22H2,2-10H3,(H,34,39)(H,35,37). The van der Waals surface area contributed by atoms with E-state index in [0.717, 1.165) is 11.1 Å². The summed E-state index contributed by atoms with van der Waals surface area (Å²) in [4.78, 5) is 43.2. The molecule has 218 valence electrons. The Balaban J connectivity index is 2.71. The molecular weight excluding hydrogens is 502 g/mol. The van der Waals surface area contributed by atoms with Gasteiger partial charge in [0, 0.05) is 17.5 Å². The molecule has 0 radical (unpaired) electrons. The van der Waals surface area contributed by atoms with Crippen molar-refractivity contribution in [2.75, 3.05) is 0 Å². The highest BCUT2D eigenvalue weighted by Gasteiger charge is 2.43. The van der Waals surface area contributed by atoms with Crippen molar-refractivity contribution in [1.82, 2.24) is 15.5 Å². The summed E-state index contributed by atoms with van der Waals surface area (Å²) in [6, 6.07) is 15.0. The first-order chi connectivity index (χ1) is 18.5. The molecule has 0 saturated carbocycles. The lowest BCUT2D eigenvalue weighted by Crippen LogP contribution is -2.60. The molecular formula is C33H47N3O4. The van der Waals surface area contributed by atoms with Crippen molar-refractivity contribution >= 4 is 24.0 Å². The van der Waals surface area contributed by atoms with Crippen LogP contribution in [0.2, 0.25) is 0 Å². The van der Waals surface area contributed by atoms with Crippen molar-refractivity contribution < 1.29 is 19.1 Å². The Labute approximate surface area is 240 Å². The van der Waals surface area contributed by atoms with Crippen LogP contribution in [0, 0.1) is 0 Å². The van der Waals surface area contributed by atoms with Crippen molar-refractivity contribution in [3.8, 4) is 0 Å². The Hall–Kier alpha value is -3.61. The zero-order chi connectivity index (χ0) is 30.3. The fourth-order valence-electron chi connectivity index (χ4n) is 4.32. The first kappa shape index (κ1) is 32.6. The van der Waals surface area contributed by atoms with Gasteiger partial charge in [0.2, 0.25) is 11.8 Å². The quantitative estimate of drug-likeness (QED) is 0.357. The number of hydrogen-bond donors (Lipinski definition) is 2. The Kier molecular flexibility index (Phi) is 10.7. The molecule has 2 aromatic carbocycles. The maximum absolute atomic E-state index is 14.6. The number of carbonyl (C=O) groups excluding carboxylic acids is 3. The number of amides is 3. The molecule has 2 aromatic rings. The smallest absolute Gasteiger partial charge is 0.408 e. The molecule has 0 aliphatic rings. The van der Waals surface area contributed by atoms with Crippen LogP contribution < -0.4 is 10.6 Å². The van der Waals surface area contributed by atoms with Gasteiger partial charge in [0.15, 0.2) is 0 Å². The highest BCUT2D eigenvalue weighted by molar-refractivity contribution is 5.93. The normalized spacial score (nSPS) is 13.5. The molecule has 0 fully saturated rings. The summed E-state index contributed by atoms with van der Waals surface area (Å²) in [7, 11) is 0. The Bertz CT molecular complexity index is 1180. The van der Waals surface area contributed by atoms with Gasteiger partial charge in [0.1, 0.15) is 17.7 Å². The third-order valence-corrected chi connectivity index (χ3v) is 6.49. The Morgan fingerprint density at radius 1 is 0.950 bits per heavy atom. The maximum atomic E-state index is 14.6. The number of rotatable bonds is 10. The lowest BCUT2D eigenvalue weighted by Gasteiger charge is -2.45. The fourth-order valence-corrected chi connectivity index (χ4v) is 4.32. The topological polar surface area (TPSA) is 87.7 Å². The van der Waals surface area contributed by atoms with Crippen LogP contribution in [0.25, 0.3) is 6.08 Å². The molecule has 0 aliphatic carbocycles. The number of carbonyl (C=O) groups is 3. The summed E-state index contributed by atoms with van der Waals surface area (Å²) in [6.45, 7) is 20.8. The maximum Gasteiger partial charge on any atom is 0.408 e. The predicted octanol–water partition coefficient (Wildman–Crippen LogP) is 6.44. The van der Waals surface area contributed by atoms with Crippen LogP contribution in [0.3, 0.4) is 0 Å². The van der Waals surface area contributed by atoms with Gasteiger partial charge < -0.3 is 20.3 Å². The Morgan fingerprint density at radius 2 is 1.57 bits per heavy atom. The SMILES string of the molecule is C=Cc1cccc(C(C(=O)NC(C)(C)C)N(C(=O)C(Cc2ccccc2)NC(=O)OC(C)(C)C)C(C)(C)CC)c1. The number of nitrogens with one attached hydrogen (secondary N) is 2. The van der Waals surface area contributed by atoms with Crippen molar-refractivity contribution in [1.29, 1.82) is 0 Å². The van der Waals surface area contributed by atoms with Crippen LogP contribution in [0.4, 0.5) is 4.79 Å². The van der Waals surface area contributed by atoms with Gasteiger partial charge in [-0.2, -0.15) is 0 Å². The zero-order valence-electron chi connectivity index (χ0n) is 25.6. The second-order valence-electron chi connectivity index (χ2n) is 12.8. The second-order valence-corrected chi connectivity index (χ2v) is 12.8. The van der Waals surface area contributed by atoms with E-state index in [2.05, 4.69) is 17.2 Å². The zero-order valence-corrected chi connectivity index (χ0v) is 25.6. The summed E-state index contributed by atoms with van der Waals surface area (Å²) in [5, 5.41) is 5.89. The fraction of sp³-hybridized carbons (Fsp3) is 0.485. The summed E-state index contributed by atoms with van der Waals surface area (Å²) < 4.78 is 5.53. The van der Waals surface area contributed by atoms with E-state index in [1.165, 1.54) is 0 Å². The van der Waals surface area contributed by atoms with Gasteiger partial charge in [-0.3, -0.25) is 9.59 Å². The third kappa shape index (κ3) is 9.54. The van der Waals surface area contributed by atoms with E-state index in [-0.39, 0.29) is 18.2 Å². The van der Waals surface area contributed by atoms with Crippen LogP contribution in [-0.2, 0) is 20.7 Å². The minimum absolute atomic E-state index is 0.232. The van der Waals surface area contributed by atoms with E-state index in [4.69, 9.17) is 4.74 Å². The van der Waals surface area contributed by atoms with E-state index < -0.39 is 34.9 Å². The van der Waals surface area contributed by atoms with Crippen molar-refractivity contribution in [2.24, 2.45) is 0 Å². The van der Waals surface area contributed by atoms with Crippen molar-refractivity contribution in [3.63, 3.8) is 0 Å². The van der Waals surface area contributed by atoms with Gasteiger partial charge in [-0.05, 0) is 84.6 Å². The lowest BCUT2D eigenvalue weighted by molar-refractivity contribution is -0.149. The van der Waals surface area contributed by atoms with Crippen LogP contribution in [-0.4, -0.2) is 45.5 Å². The summed E-state index contributed by atoms with van der Waals surface area (Å²) in [5.41, 5.74) is 0.341. The number of ether oxygens (including phenoxy) is 1. The van der Waals surface area contributed by atoms with Crippen molar-refractivity contribution in [3.05, 3.63) is 77.9 Å². The van der Waals surface area contributed by atoms with Crippen LogP contribution in [0.1, 0.15) is 91.5 Å². The van der Waals surface area contributed by atoms with Gasteiger partial charge >= 0.3 is 6.09 Å². The first-order valence-electron chi connectivity index (χ1n) is 13.9. The number of benzene rings is 2. The molecule has 40 heavy (non-hydrogen) atoms. The van der Waals surface area contributed by atoms with Gasteiger partial charge in [0.05, 0.1) is 0 Å². The summed E-state index contributed by atoms with van der Waals surface area (Å²) >= 11 is 0. The molecule has 0 heterocycles. The highest BCUT2D eigenvalue weighted by atomic mass is 16.6. The Morgan fingerprint density at radius 3 is 2.10 bits per heavy atom. The van der Waals surface area contributed by atoms with E-state index in [1.54, 1.807) is 31.7 Å². The monoisotopic (exact) mass is 549 g/mol. The average Bonchev–Trinajstić information content (AvgIpc) is 2.84. The molecule has 0 spiro atoms. The number of hydrogen-bond acceptors (Lipinski definition) is 4. The molecule has 3 amide bonds. The number of alkyl carbamates (subject to hydrolysis) is 1. The first-order valence-corrected chi connectivity index (χ1v) is 13.9. The molecule has 2 unspecified atom stereocenters. The van der Waals surface area contributed by atoms with Gasteiger partial charge in [-0.1, -0.05) is 68.1 Å². The second kappa shape index (κ2) is 13.2. The molecule has 0 aromatic heterocycles. The van der Waals surface area contributed by atoms with Crippen LogP contribution in [0.5, 0.6) is 0 Å². The van der Waals surface area contributed by atoms with Crippen LogP contribution in [0.15, 0.2) is 61.2 Å². The average molecular weight is 550 g/mol. The minimum atomic E-state index is -0.976. The van der Waals surface area contributed by atoms with E-state index in [1.807, 2.05) is 96.1 Å². The highest BCUT2D eigenvalue weighted by Crippen LogP contribution is 2.33. The van der Waals surface area contributed by atoms with Gasteiger partial charge in [-0.15, -0.1) is 0 Å². The van der Waals surface area contributed by atoms with Crippen molar-refractivity contribution in [2.45, 2.75) is 104 Å². The molecule has 7 nitrogen and oxygen atoms in total. The minimum Gasteiger partial charge on any atom is -0.444 e.